The summed E-state index contributed by atoms with van der Waals surface area (Å²) in [5.74, 6) is 0.385. The van der Waals surface area contributed by atoms with Crippen LogP contribution < -0.4 is 4.74 Å². The first kappa shape index (κ1) is 24.4. The smallest absolute Gasteiger partial charge is 0.242 e. The van der Waals surface area contributed by atoms with Crippen LogP contribution in [0.5, 0.6) is 5.75 Å². The molecule has 1 aliphatic rings. The number of nitrogens with one attached hydrogen (secondary N) is 1. The van der Waals surface area contributed by atoms with Gasteiger partial charge in [0, 0.05) is 43.6 Å². The standard InChI is InChI=1S/C26H32FN3O3S/c1-29(2)34(31,32)22-13-15-26(33-3)23(17-22)24-14-12-21(28-24)18-30-16-6-4-5-7-25(30)19-8-10-20(27)11-9-19/h8-15,17,25,28H,4-7,16,18H2,1-3H3. The molecule has 0 radical (unpaired) electrons. The van der Waals surface area contributed by atoms with E-state index in [1.165, 1.54) is 37.0 Å². The summed E-state index contributed by atoms with van der Waals surface area (Å²) in [6.45, 7) is 1.69. The minimum atomic E-state index is -3.56. The van der Waals surface area contributed by atoms with Gasteiger partial charge in [0.25, 0.3) is 0 Å². The fourth-order valence-corrected chi connectivity index (χ4v) is 5.53. The van der Waals surface area contributed by atoms with Crippen LogP contribution in [-0.2, 0) is 16.6 Å². The highest BCUT2D eigenvalue weighted by Gasteiger charge is 2.24. The third kappa shape index (κ3) is 5.19. The summed E-state index contributed by atoms with van der Waals surface area (Å²) in [7, 11) is 1.05. The summed E-state index contributed by atoms with van der Waals surface area (Å²) < 4.78 is 45.5. The van der Waals surface area contributed by atoms with E-state index in [-0.39, 0.29) is 16.8 Å². The van der Waals surface area contributed by atoms with E-state index in [9.17, 15) is 12.8 Å². The zero-order chi connectivity index (χ0) is 24.3. The second-order valence-electron chi connectivity index (χ2n) is 8.93. The molecule has 2 aromatic carbocycles. The number of benzene rings is 2. The lowest BCUT2D eigenvalue weighted by atomic mass is 10.0. The van der Waals surface area contributed by atoms with E-state index in [2.05, 4.69) is 9.88 Å². The minimum Gasteiger partial charge on any atom is -0.496 e. The maximum atomic E-state index is 13.5. The van der Waals surface area contributed by atoms with E-state index >= 15 is 0 Å². The van der Waals surface area contributed by atoms with Crippen molar-refractivity contribution in [3.05, 3.63) is 71.7 Å². The molecule has 0 spiro atoms. The molecule has 0 aliphatic carbocycles. The van der Waals surface area contributed by atoms with Crippen molar-refractivity contribution in [2.45, 2.75) is 43.2 Å². The number of hydrogen-bond acceptors (Lipinski definition) is 4. The van der Waals surface area contributed by atoms with Gasteiger partial charge in [-0.1, -0.05) is 25.0 Å². The molecule has 3 aromatic rings. The Balaban J connectivity index is 1.62. The number of ether oxygens (including phenoxy) is 1. The van der Waals surface area contributed by atoms with Gasteiger partial charge in [0.2, 0.25) is 10.0 Å². The van der Waals surface area contributed by atoms with Crippen molar-refractivity contribution in [3.63, 3.8) is 0 Å². The number of aromatic nitrogens is 1. The second-order valence-corrected chi connectivity index (χ2v) is 11.1. The highest BCUT2D eigenvalue weighted by molar-refractivity contribution is 7.89. The summed E-state index contributed by atoms with van der Waals surface area (Å²) in [6, 6.07) is 16.0. The molecule has 0 saturated carbocycles. The van der Waals surface area contributed by atoms with E-state index in [1.54, 1.807) is 25.3 Å². The Morgan fingerprint density at radius 3 is 2.53 bits per heavy atom. The molecule has 0 bridgehead atoms. The quantitative estimate of drug-likeness (QED) is 0.500. The van der Waals surface area contributed by atoms with E-state index in [1.807, 2.05) is 24.3 Å². The van der Waals surface area contributed by atoms with Crippen molar-refractivity contribution in [2.75, 3.05) is 27.7 Å². The number of nitrogens with zero attached hydrogens (tertiary/aromatic N) is 2. The topological polar surface area (TPSA) is 65.6 Å². The summed E-state index contributed by atoms with van der Waals surface area (Å²) >= 11 is 0. The minimum absolute atomic E-state index is 0.216. The van der Waals surface area contributed by atoms with E-state index < -0.39 is 10.0 Å². The maximum absolute atomic E-state index is 13.5. The molecule has 4 rings (SSSR count). The Morgan fingerprint density at radius 2 is 1.82 bits per heavy atom. The van der Waals surface area contributed by atoms with Crippen LogP contribution in [0.15, 0.2) is 59.5 Å². The molecule has 1 fully saturated rings. The van der Waals surface area contributed by atoms with Gasteiger partial charge in [-0.2, -0.15) is 0 Å². The fourth-order valence-electron chi connectivity index (χ4n) is 4.60. The number of H-pyrrole nitrogens is 1. The molecule has 0 amide bonds. The van der Waals surface area contributed by atoms with Crippen molar-refractivity contribution in [1.29, 1.82) is 0 Å². The molecule has 1 saturated heterocycles. The number of rotatable bonds is 7. The van der Waals surface area contributed by atoms with Gasteiger partial charge in [-0.15, -0.1) is 0 Å². The predicted molar refractivity (Wildman–Crippen MR) is 132 cm³/mol. The second kappa shape index (κ2) is 10.3. The van der Waals surface area contributed by atoms with Gasteiger partial charge in [-0.3, -0.25) is 4.90 Å². The maximum Gasteiger partial charge on any atom is 0.242 e. The van der Waals surface area contributed by atoms with Crippen LogP contribution in [-0.4, -0.2) is 50.4 Å². The van der Waals surface area contributed by atoms with Gasteiger partial charge in [0.1, 0.15) is 11.6 Å². The number of hydrogen-bond donors (Lipinski definition) is 1. The molecular formula is C26H32FN3O3S. The molecule has 1 atom stereocenters. The van der Waals surface area contributed by atoms with Gasteiger partial charge < -0.3 is 9.72 Å². The number of sulfonamides is 1. The van der Waals surface area contributed by atoms with Crippen LogP contribution >= 0.6 is 0 Å². The molecule has 1 aliphatic heterocycles. The van der Waals surface area contributed by atoms with Crippen LogP contribution in [0.1, 0.15) is 43.0 Å². The van der Waals surface area contributed by atoms with Gasteiger partial charge in [0.15, 0.2) is 0 Å². The zero-order valence-corrected chi connectivity index (χ0v) is 20.7. The number of aromatic amines is 1. The largest absolute Gasteiger partial charge is 0.496 e. The highest BCUT2D eigenvalue weighted by atomic mass is 32.2. The molecule has 1 unspecified atom stereocenters. The normalized spacial score (nSPS) is 17.6. The van der Waals surface area contributed by atoms with Crippen molar-refractivity contribution >= 4 is 10.0 Å². The van der Waals surface area contributed by atoms with E-state index in [0.29, 0.717) is 11.3 Å². The van der Waals surface area contributed by atoms with Crippen molar-refractivity contribution < 1.29 is 17.5 Å². The average Bonchev–Trinajstić information content (AvgIpc) is 3.17. The van der Waals surface area contributed by atoms with Crippen molar-refractivity contribution in [1.82, 2.24) is 14.2 Å². The van der Waals surface area contributed by atoms with E-state index in [0.717, 1.165) is 49.3 Å². The number of halogens is 1. The summed E-state index contributed by atoms with van der Waals surface area (Å²) in [5, 5.41) is 0. The Kier molecular flexibility index (Phi) is 7.40. The predicted octanol–water partition coefficient (Wildman–Crippen LogP) is 5.20. The molecule has 182 valence electrons. The number of likely N-dealkylation sites (tertiary alicyclic amines) is 1. The highest BCUT2D eigenvalue weighted by Crippen LogP contribution is 2.34. The van der Waals surface area contributed by atoms with Gasteiger partial charge in [-0.25, -0.2) is 17.1 Å². The Morgan fingerprint density at radius 1 is 1.06 bits per heavy atom. The van der Waals surface area contributed by atoms with Crippen LogP contribution in [0, 0.1) is 5.82 Å². The summed E-state index contributed by atoms with van der Waals surface area (Å²) in [4.78, 5) is 6.13. The van der Waals surface area contributed by atoms with Crippen LogP contribution in [0.2, 0.25) is 0 Å². The van der Waals surface area contributed by atoms with Crippen LogP contribution in [0.3, 0.4) is 0 Å². The Labute approximate surface area is 201 Å². The third-order valence-corrected chi connectivity index (χ3v) is 8.29. The monoisotopic (exact) mass is 485 g/mol. The summed E-state index contributed by atoms with van der Waals surface area (Å²) in [6.07, 6.45) is 4.51. The fraction of sp³-hybridized carbons (Fsp3) is 0.385. The first-order chi connectivity index (χ1) is 16.3. The molecule has 6 nitrogen and oxygen atoms in total. The molecule has 8 heteroatoms. The third-order valence-electron chi connectivity index (χ3n) is 6.48. The first-order valence-corrected chi connectivity index (χ1v) is 13.0. The SMILES string of the molecule is COc1ccc(S(=O)(=O)N(C)C)cc1-c1ccc(CN2CCCCCC2c2ccc(F)cc2)[nH]1. The Hall–Kier alpha value is -2.68. The number of methoxy groups -OCH3 is 1. The van der Waals surface area contributed by atoms with E-state index in [4.69, 9.17) is 4.74 Å². The lowest BCUT2D eigenvalue weighted by Gasteiger charge is -2.30. The molecular weight excluding hydrogens is 453 g/mol. The van der Waals surface area contributed by atoms with Crippen LogP contribution in [0.4, 0.5) is 4.39 Å². The van der Waals surface area contributed by atoms with Crippen molar-refractivity contribution in [2.24, 2.45) is 0 Å². The zero-order valence-electron chi connectivity index (χ0n) is 19.9. The Bertz CT molecular complexity index is 1220. The van der Waals surface area contributed by atoms with Crippen LogP contribution in [0.25, 0.3) is 11.3 Å². The molecule has 34 heavy (non-hydrogen) atoms. The average molecular weight is 486 g/mol. The first-order valence-electron chi connectivity index (χ1n) is 11.6. The lowest BCUT2D eigenvalue weighted by Crippen LogP contribution is -2.28. The summed E-state index contributed by atoms with van der Waals surface area (Å²) in [5.41, 5.74) is 3.67. The lowest BCUT2D eigenvalue weighted by molar-refractivity contribution is 0.190. The van der Waals surface area contributed by atoms with Gasteiger partial charge in [-0.05, 0) is 67.4 Å². The van der Waals surface area contributed by atoms with Gasteiger partial charge in [0.05, 0.1) is 12.0 Å². The van der Waals surface area contributed by atoms with Gasteiger partial charge >= 0.3 is 0 Å². The molecule has 1 N–H and O–H groups in total. The molecule has 2 heterocycles. The van der Waals surface area contributed by atoms with Crippen molar-refractivity contribution in [3.8, 4) is 17.0 Å². The molecule has 1 aromatic heterocycles.